The van der Waals surface area contributed by atoms with Crippen molar-refractivity contribution in [2.45, 2.75) is 25.2 Å². The third-order valence-electron chi connectivity index (χ3n) is 2.72. The number of nitrogens with zero attached hydrogens (tertiary/aromatic N) is 1. The van der Waals surface area contributed by atoms with Crippen molar-refractivity contribution in [3.63, 3.8) is 0 Å². The van der Waals surface area contributed by atoms with Crippen LogP contribution < -0.4 is 5.73 Å². The van der Waals surface area contributed by atoms with E-state index in [2.05, 4.69) is 0 Å². The Hall–Kier alpha value is -1.91. The second-order valence-electron chi connectivity index (χ2n) is 4.06. The van der Waals surface area contributed by atoms with Gasteiger partial charge < -0.3 is 5.73 Å². The van der Waals surface area contributed by atoms with E-state index in [0.29, 0.717) is 11.5 Å². The molecule has 0 bridgehead atoms. The van der Waals surface area contributed by atoms with E-state index >= 15 is 0 Å². The lowest BCUT2D eigenvalue weighted by Crippen LogP contribution is -2.15. The lowest BCUT2D eigenvalue weighted by Gasteiger charge is -2.06. The molecule has 1 aromatic rings. The van der Waals surface area contributed by atoms with Crippen molar-refractivity contribution in [3.05, 3.63) is 39.4 Å². The minimum absolute atomic E-state index is 0.0145. The van der Waals surface area contributed by atoms with Crippen LogP contribution in [-0.2, 0) is 11.2 Å². The molecule has 16 heavy (non-hydrogen) atoms. The molecule has 0 saturated heterocycles. The van der Waals surface area contributed by atoms with Crippen molar-refractivity contribution >= 4 is 11.6 Å². The van der Waals surface area contributed by atoms with Crippen LogP contribution in [0.25, 0.3) is 0 Å². The summed E-state index contributed by atoms with van der Waals surface area (Å²) >= 11 is 0. The molecule has 0 spiro atoms. The molecule has 2 N–H and O–H groups in total. The van der Waals surface area contributed by atoms with Crippen molar-refractivity contribution in [1.82, 2.24) is 0 Å². The summed E-state index contributed by atoms with van der Waals surface area (Å²) in [7, 11) is 0. The number of hydrogen-bond acceptors (Lipinski definition) is 3. The summed E-state index contributed by atoms with van der Waals surface area (Å²) in [5.41, 5.74) is 6.88. The Kier molecular flexibility index (Phi) is 2.60. The zero-order chi connectivity index (χ0) is 11.7. The fraction of sp³-hybridized carbons (Fsp3) is 0.364. The highest BCUT2D eigenvalue weighted by molar-refractivity contribution is 5.77. The first-order valence-electron chi connectivity index (χ1n) is 5.13. The van der Waals surface area contributed by atoms with Crippen molar-refractivity contribution in [2.24, 2.45) is 5.73 Å². The number of amides is 1. The van der Waals surface area contributed by atoms with Gasteiger partial charge in [-0.05, 0) is 29.9 Å². The number of benzene rings is 1. The number of carbonyl (C=O) groups is 1. The molecule has 0 atom stereocenters. The van der Waals surface area contributed by atoms with Crippen LogP contribution in [0.5, 0.6) is 0 Å². The van der Waals surface area contributed by atoms with Gasteiger partial charge in [-0.25, -0.2) is 0 Å². The van der Waals surface area contributed by atoms with Gasteiger partial charge in [0.25, 0.3) is 5.69 Å². The van der Waals surface area contributed by atoms with Gasteiger partial charge in [0.2, 0.25) is 5.91 Å². The number of primary amides is 1. The van der Waals surface area contributed by atoms with Crippen molar-refractivity contribution in [1.29, 1.82) is 0 Å². The second-order valence-corrected chi connectivity index (χ2v) is 4.06. The maximum absolute atomic E-state index is 10.9. The van der Waals surface area contributed by atoms with Crippen LogP contribution in [-0.4, -0.2) is 10.8 Å². The van der Waals surface area contributed by atoms with E-state index in [1.165, 1.54) is 12.1 Å². The largest absolute Gasteiger partial charge is 0.369 e. The molecule has 5 nitrogen and oxygen atoms in total. The predicted octanol–water partition coefficient (Wildman–Crippen LogP) is 1.50. The Morgan fingerprint density at radius 2 is 2.19 bits per heavy atom. The molecule has 0 aromatic heterocycles. The fourth-order valence-corrected chi connectivity index (χ4v) is 1.84. The van der Waals surface area contributed by atoms with Crippen LogP contribution in [0.1, 0.15) is 29.9 Å². The van der Waals surface area contributed by atoms with Gasteiger partial charge in [-0.1, -0.05) is 6.07 Å². The van der Waals surface area contributed by atoms with Gasteiger partial charge in [0.1, 0.15) is 0 Å². The molecule has 1 aliphatic rings. The van der Waals surface area contributed by atoms with Gasteiger partial charge in [0.05, 0.1) is 11.3 Å². The molecule has 2 rings (SSSR count). The van der Waals surface area contributed by atoms with E-state index in [-0.39, 0.29) is 12.1 Å². The monoisotopic (exact) mass is 220 g/mol. The van der Waals surface area contributed by atoms with Crippen LogP contribution in [0.2, 0.25) is 0 Å². The number of nitro benzene ring substituents is 1. The molecular weight excluding hydrogens is 208 g/mol. The van der Waals surface area contributed by atoms with Gasteiger partial charge in [0.15, 0.2) is 0 Å². The Bertz CT molecular complexity index is 453. The molecule has 1 aromatic carbocycles. The van der Waals surface area contributed by atoms with Crippen LogP contribution in [0, 0.1) is 10.1 Å². The Labute approximate surface area is 92.4 Å². The molecule has 1 aliphatic carbocycles. The minimum atomic E-state index is -0.457. The van der Waals surface area contributed by atoms with E-state index in [9.17, 15) is 14.9 Å². The molecule has 1 saturated carbocycles. The summed E-state index contributed by atoms with van der Waals surface area (Å²) in [4.78, 5) is 21.1. The molecule has 0 radical (unpaired) electrons. The summed E-state index contributed by atoms with van der Waals surface area (Å²) in [5.74, 6) is -0.00227. The topological polar surface area (TPSA) is 86.2 Å². The number of nitrogens with two attached hydrogens (primary N) is 1. The van der Waals surface area contributed by atoms with Crippen molar-refractivity contribution < 1.29 is 9.72 Å². The molecular formula is C11H12N2O3. The van der Waals surface area contributed by atoms with Gasteiger partial charge in [-0.15, -0.1) is 0 Å². The third-order valence-corrected chi connectivity index (χ3v) is 2.72. The van der Waals surface area contributed by atoms with Crippen LogP contribution in [0.15, 0.2) is 18.2 Å². The number of non-ortho nitro benzene ring substituents is 1. The lowest BCUT2D eigenvalue weighted by molar-refractivity contribution is -0.384. The van der Waals surface area contributed by atoms with Gasteiger partial charge in [-0.3, -0.25) is 14.9 Å². The van der Waals surface area contributed by atoms with E-state index < -0.39 is 10.8 Å². The average Bonchev–Trinajstić information content (AvgIpc) is 3.00. The molecule has 1 amide bonds. The molecule has 5 heteroatoms. The summed E-state index contributed by atoms with van der Waals surface area (Å²) < 4.78 is 0. The summed E-state index contributed by atoms with van der Waals surface area (Å²) in [6, 6.07) is 4.69. The van der Waals surface area contributed by atoms with Crippen LogP contribution in [0.3, 0.4) is 0 Å². The lowest BCUT2D eigenvalue weighted by atomic mass is 10.00. The van der Waals surface area contributed by atoms with E-state index in [4.69, 9.17) is 5.73 Å². The summed E-state index contributed by atoms with van der Waals surface area (Å²) in [6.45, 7) is 0. The summed E-state index contributed by atoms with van der Waals surface area (Å²) in [6.07, 6.45) is 2.25. The number of carbonyl (C=O) groups excluding carboxylic acids is 1. The quantitative estimate of drug-likeness (QED) is 0.616. The zero-order valence-electron chi connectivity index (χ0n) is 8.68. The maximum atomic E-state index is 10.9. The number of rotatable bonds is 4. The average molecular weight is 220 g/mol. The SMILES string of the molecule is NC(=O)Cc1cc([N+](=O)[O-])ccc1C1CC1. The molecule has 0 unspecified atom stereocenters. The standard InChI is InChI=1S/C11H12N2O3/c12-11(14)6-8-5-9(13(15)16)3-4-10(8)7-1-2-7/h3-5,7H,1-2,6H2,(H2,12,14). The molecule has 0 heterocycles. The Morgan fingerprint density at radius 3 is 2.69 bits per heavy atom. The van der Waals surface area contributed by atoms with Crippen molar-refractivity contribution in [2.75, 3.05) is 0 Å². The highest BCUT2D eigenvalue weighted by Gasteiger charge is 2.27. The van der Waals surface area contributed by atoms with Crippen LogP contribution >= 0.6 is 0 Å². The maximum Gasteiger partial charge on any atom is 0.269 e. The van der Waals surface area contributed by atoms with Crippen LogP contribution in [0.4, 0.5) is 5.69 Å². The highest BCUT2D eigenvalue weighted by Crippen LogP contribution is 2.42. The first-order valence-corrected chi connectivity index (χ1v) is 5.13. The fourth-order valence-electron chi connectivity index (χ4n) is 1.84. The smallest absolute Gasteiger partial charge is 0.269 e. The molecule has 0 aliphatic heterocycles. The van der Waals surface area contributed by atoms with E-state index in [1.807, 2.05) is 0 Å². The van der Waals surface area contributed by atoms with Crippen molar-refractivity contribution in [3.8, 4) is 0 Å². The normalized spacial score (nSPS) is 14.8. The first-order chi connectivity index (χ1) is 7.58. The molecule has 1 fully saturated rings. The van der Waals surface area contributed by atoms with Gasteiger partial charge >= 0.3 is 0 Å². The number of hydrogen-bond donors (Lipinski definition) is 1. The molecule has 84 valence electrons. The van der Waals surface area contributed by atoms with Gasteiger partial charge in [0, 0.05) is 12.1 Å². The Balaban J connectivity index is 2.37. The second kappa shape index (κ2) is 3.92. The van der Waals surface area contributed by atoms with E-state index in [0.717, 1.165) is 18.4 Å². The summed E-state index contributed by atoms with van der Waals surface area (Å²) in [5, 5.41) is 10.6. The first kappa shape index (κ1) is 10.6. The Morgan fingerprint density at radius 1 is 1.50 bits per heavy atom. The highest BCUT2D eigenvalue weighted by atomic mass is 16.6. The van der Waals surface area contributed by atoms with E-state index in [1.54, 1.807) is 6.07 Å². The minimum Gasteiger partial charge on any atom is -0.369 e. The predicted molar refractivity (Wildman–Crippen MR) is 58.0 cm³/mol. The third kappa shape index (κ3) is 2.18. The number of nitro groups is 1. The zero-order valence-corrected chi connectivity index (χ0v) is 8.68. The van der Waals surface area contributed by atoms with Gasteiger partial charge in [-0.2, -0.15) is 0 Å².